The van der Waals surface area contributed by atoms with Gasteiger partial charge in [0.1, 0.15) is 23.2 Å². The first-order chi connectivity index (χ1) is 12.6. The van der Waals surface area contributed by atoms with Crippen molar-refractivity contribution in [2.75, 3.05) is 25.0 Å². The Bertz CT molecular complexity index is 896. The molecule has 1 aliphatic heterocycles. The smallest absolute Gasteiger partial charge is 0.243 e. The van der Waals surface area contributed by atoms with Crippen molar-refractivity contribution in [3.8, 4) is 6.07 Å². The van der Waals surface area contributed by atoms with E-state index >= 15 is 0 Å². The number of fused-ring (bicyclic) bond motifs is 2. The number of hydrogen-bond acceptors (Lipinski definition) is 5. The largest absolute Gasteiger partial charge is 0.356 e. The normalized spacial score (nSPS) is 28.8. The highest BCUT2D eigenvalue weighted by Gasteiger charge is 2.55. The van der Waals surface area contributed by atoms with Gasteiger partial charge >= 0.3 is 0 Å². The second-order valence-corrected chi connectivity index (χ2v) is 8.10. The van der Waals surface area contributed by atoms with E-state index in [1.807, 2.05) is 17.2 Å². The molecule has 0 bridgehead atoms. The lowest BCUT2D eigenvalue weighted by atomic mass is 10.0. The van der Waals surface area contributed by atoms with Gasteiger partial charge in [-0.2, -0.15) is 5.26 Å². The summed E-state index contributed by atoms with van der Waals surface area (Å²) in [6, 6.07) is 4.69. The molecule has 2 saturated carbocycles. The number of nitrogens with zero attached hydrogens (tertiary/aromatic N) is 5. The van der Waals surface area contributed by atoms with Crippen LogP contribution in [0.5, 0.6) is 0 Å². The standard InChI is InChI=1S/C19H22N6O/c1-24(17-15-2-5-21-16(15)22-11-23-17)14-6-12-8-25(9-13(12)7-14)18(26)19(10-20)3-4-19/h2,5,11-14H,3-4,6-9H2,1H3,(H,21,22,23)/t12-,13+,14+. The summed E-state index contributed by atoms with van der Waals surface area (Å²) in [6.45, 7) is 1.61. The molecular weight excluding hydrogens is 328 g/mol. The van der Waals surface area contributed by atoms with Crippen LogP contribution >= 0.6 is 0 Å². The molecule has 0 unspecified atom stereocenters. The Morgan fingerprint density at radius 3 is 2.73 bits per heavy atom. The molecule has 2 aromatic rings. The van der Waals surface area contributed by atoms with Crippen molar-refractivity contribution in [1.29, 1.82) is 5.26 Å². The van der Waals surface area contributed by atoms with Crippen molar-refractivity contribution in [2.45, 2.75) is 31.7 Å². The summed E-state index contributed by atoms with van der Waals surface area (Å²) in [4.78, 5) is 28.8. The Morgan fingerprint density at radius 1 is 1.35 bits per heavy atom. The molecule has 1 saturated heterocycles. The lowest BCUT2D eigenvalue weighted by Crippen LogP contribution is -2.37. The first-order valence-corrected chi connectivity index (χ1v) is 9.33. The van der Waals surface area contributed by atoms with E-state index in [2.05, 4.69) is 33.0 Å². The highest BCUT2D eigenvalue weighted by molar-refractivity contribution is 5.89. The molecule has 3 fully saturated rings. The third-order valence-corrected chi connectivity index (χ3v) is 6.60. The number of nitriles is 1. The van der Waals surface area contributed by atoms with Crippen LogP contribution < -0.4 is 4.90 Å². The van der Waals surface area contributed by atoms with E-state index in [1.54, 1.807) is 6.33 Å². The number of anilines is 1. The minimum absolute atomic E-state index is 0.0733. The highest BCUT2D eigenvalue weighted by atomic mass is 16.2. The van der Waals surface area contributed by atoms with Crippen molar-refractivity contribution in [1.82, 2.24) is 19.9 Å². The summed E-state index contributed by atoms with van der Waals surface area (Å²) >= 11 is 0. The lowest BCUT2D eigenvalue weighted by Gasteiger charge is -2.28. The van der Waals surface area contributed by atoms with Crippen LogP contribution in [-0.4, -0.2) is 51.9 Å². The number of carbonyl (C=O) groups excluding carboxylic acids is 1. The molecule has 2 aromatic heterocycles. The number of rotatable bonds is 3. The molecule has 0 spiro atoms. The second kappa shape index (κ2) is 5.44. The zero-order chi connectivity index (χ0) is 17.9. The first kappa shape index (κ1) is 15.6. The number of H-pyrrole nitrogens is 1. The molecule has 3 heterocycles. The maximum atomic E-state index is 12.6. The van der Waals surface area contributed by atoms with E-state index in [-0.39, 0.29) is 5.91 Å². The Balaban J connectivity index is 1.29. The Morgan fingerprint density at radius 2 is 2.08 bits per heavy atom. The molecule has 5 rings (SSSR count). The van der Waals surface area contributed by atoms with Gasteiger partial charge in [-0.25, -0.2) is 9.97 Å². The molecule has 3 aliphatic rings. The van der Waals surface area contributed by atoms with Crippen LogP contribution in [0.15, 0.2) is 18.6 Å². The van der Waals surface area contributed by atoms with E-state index in [9.17, 15) is 10.1 Å². The van der Waals surface area contributed by atoms with Crippen LogP contribution in [0.1, 0.15) is 25.7 Å². The third-order valence-electron chi connectivity index (χ3n) is 6.60. The zero-order valence-electron chi connectivity index (χ0n) is 14.9. The van der Waals surface area contributed by atoms with Gasteiger partial charge in [0.2, 0.25) is 5.91 Å². The number of aromatic amines is 1. The quantitative estimate of drug-likeness (QED) is 0.914. The minimum atomic E-state index is -0.685. The number of nitrogens with one attached hydrogen (secondary N) is 1. The van der Waals surface area contributed by atoms with Gasteiger partial charge in [-0.15, -0.1) is 0 Å². The third kappa shape index (κ3) is 2.21. The number of carbonyl (C=O) groups is 1. The fraction of sp³-hybridized carbons (Fsp3) is 0.579. The zero-order valence-corrected chi connectivity index (χ0v) is 14.9. The molecular formula is C19H22N6O. The minimum Gasteiger partial charge on any atom is -0.356 e. The molecule has 7 heteroatoms. The number of hydrogen-bond donors (Lipinski definition) is 1. The van der Waals surface area contributed by atoms with Crippen molar-refractivity contribution in [2.24, 2.45) is 17.3 Å². The van der Waals surface area contributed by atoms with Crippen LogP contribution in [0.4, 0.5) is 5.82 Å². The predicted octanol–water partition coefficient (Wildman–Crippen LogP) is 1.93. The maximum absolute atomic E-state index is 12.6. The molecule has 0 aromatic carbocycles. The Labute approximate surface area is 152 Å². The highest BCUT2D eigenvalue weighted by Crippen LogP contribution is 2.49. The summed E-state index contributed by atoms with van der Waals surface area (Å²) in [5, 5.41) is 10.3. The van der Waals surface area contributed by atoms with Crippen LogP contribution in [0.25, 0.3) is 11.0 Å². The van der Waals surface area contributed by atoms with Gasteiger partial charge in [-0.05, 0) is 43.6 Å². The molecule has 134 valence electrons. The predicted molar refractivity (Wildman–Crippen MR) is 96.2 cm³/mol. The van der Waals surface area contributed by atoms with E-state index in [0.29, 0.717) is 17.9 Å². The van der Waals surface area contributed by atoms with Gasteiger partial charge in [0.05, 0.1) is 11.5 Å². The molecule has 0 radical (unpaired) electrons. The number of likely N-dealkylation sites (tertiary alicyclic amines) is 1. The number of aromatic nitrogens is 3. The first-order valence-electron chi connectivity index (χ1n) is 9.33. The van der Waals surface area contributed by atoms with Gasteiger partial charge in [0.25, 0.3) is 0 Å². The molecule has 7 nitrogen and oxygen atoms in total. The van der Waals surface area contributed by atoms with Gasteiger partial charge in [-0.1, -0.05) is 0 Å². The van der Waals surface area contributed by atoms with Gasteiger partial charge < -0.3 is 14.8 Å². The Kier molecular flexibility index (Phi) is 3.27. The monoisotopic (exact) mass is 350 g/mol. The molecule has 3 atom stereocenters. The number of amides is 1. The van der Waals surface area contributed by atoms with Crippen molar-refractivity contribution in [3.63, 3.8) is 0 Å². The maximum Gasteiger partial charge on any atom is 0.243 e. The fourth-order valence-electron chi connectivity index (χ4n) is 4.86. The SMILES string of the molecule is CN(c1ncnc2[nH]ccc12)[C@H]1C[C@@H]2CN(C(=O)C3(C#N)CC3)C[C@@H]2C1. The lowest BCUT2D eigenvalue weighted by molar-refractivity contribution is -0.134. The van der Waals surface area contributed by atoms with Crippen molar-refractivity contribution in [3.05, 3.63) is 18.6 Å². The Hall–Kier alpha value is -2.62. The summed E-state index contributed by atoms with van der Waals surface area (Å²) < 4.78 is 0. The molecule has 1 amide bonds. The average Bonchev–Trinajstić information content (AvgIpc) is 2.97. The van der Waals surface area contributed by atoms with E-state index < -0.39 is 5.41 Å². The summed E-state index contributed by atoms with van der Waals surface area (Å²) in [5.74, 6) is 2.11. The summed E-state index contributed by atoms with van der Waals surface area (Å²) in [7, 11) is 2.11. The van der Waals surface area contributed by atoms with E-state index in [0.717, 1.165) is 55.6 Å². The van der Waals surface area contributed by atoms with Crippen LogP contribution in [0.3, 0.4) is 0 Å². The molecule has 26 heavy (non-hydrogen) atoms. The summed E-state index contributed by atoms with van der Waals surface area (Å²) in [5.41, 5.74) is 0.179. The van der Waals surface area contributed by atoms with E-state index in [4.69, 9.17) is 0 Å². The van der Waals surface area contributed by atoms with Crippen molar-refractivity contribution >= 4 is 22.8 Å². The van der Waals surface area contributed by atoms with Gasteiger partial charge in [0.15, 0.2) is 0 Å². The van der Waals surface area contributed by atoms with Crippen LogP contribution in [0, 0.1) is 28.6 Å². The van der Waals surface area contributed by atoms with Gasteiger partial charge in [0, 0.05) is 32.4 Å². The topological polar surface area (TPSA) is 88.9 Å². The van der Waals surface area contributed by atoms with Crippen molar-refractivity contribution < 1.29 is 4.79 Å². The fourth-order valence-corrected chi connectivity index (χ4v) is 4.86. The van der Waals surface area contributed by atoms with Crippen LogP contribution in [0.2, 0.25) is 0 Å². The average molecular weight is 350 g/mol. The summed E-state index contributed by atoms with van der Waals surface area (Å²) in [6.07, 6.45) is 7.12. The van der Waals surface area contributed by atoms with Crippen LogP contribution in [-0.2, 0) is 4.79 Å². The second-order valence-electron chi connectivity index (χ2n) is 8.10. The molecule has 2 aliphatic carbocycles. The molecule has 1 N–H and O–H groups in total. The van der Waals surface area contributed by atoms with E-state index in [1.165, 1.54) is 0 Å². The van der Waals surface area contributed by atoms with Gasteiger partial charge in [-0.3, -0.25) is 4.79 Å².